The van der Waals surface area contributed by atoms with Crippen LogP contribution >= 0.6 is 11.8 Å². The Morgan fingerprint density at radius 1 is 1.55 bits per heavy atom. The van der Waals surface area contributed by atoms with Gasteiger partial charge in [-0.25, -0.2) is 4.39 Å². The zero-order chi connectivity index (χ0) is 8.32. The molecule has 0 radical (unpaired) electrons. The molecule has 0 aliphatic carbocycles. The summed E-state index contributed by atoms with van der Waals surface area (Å²) < 4.78 is 13.9. The number of hydrogen-bond acceptors (Lipinski definition) is 2. The summed E-state index contributed by atoms with van der Waals surface area (Å²) in [5.74, 6) is 1.95. The molecule has 1 unspecified atom stereocenters. The van der Waals surface area contributed by atoms with Gasteiger partial charge in [-0.2, -0.15) is 11.8 Å². The van der Waals surface area contributed by atoms with Crippen LogP contribution in [0.4, 0.5) is 4.39 Å². The Hall–Kier alpha value is 0.240. The van der Waals surface area contributed by atoms with Crippen molar-refractivity contribution < 1.29 is 4.39 Å². The Morgan fingerprint density at radius 3 is 2.55 bits per heavy atom. The number of rotatable bonds is 2. The minimum Gasteiger partial charge on any atom is -0.330 e. The second kappa shape index (κ2) is 3.76. The molecule has 0 saturated carbocycles. The summed E-state index contributed by atoms with van der Waals surface area (Å²) >= 11 is 1.84. The second-order valence-electron chi connectivity index (χ2n) is 3.28. The van der Waals surface area contributed by atoms with Gasteiger partial charge in [-0.05, 0) is 30.9 Å². The molecule has 11 heavy (non-hydrogen) atoms. The average molecular weight is 177 g/mol. The fourth-order valence-corrected chi connectivity index (χ4v) is 2.59. The number of alkyl halides is 1. The molecule has 0 aromatic heterocycles. The molecule has 2 N–H and O–H groups in total. The van der Waals surface area contributed by atoms with Gasteiger partial charge in [-0.3, -0.25) is 0 Å². The van der Waals surface area contributed by atoms with E-state index in [1.807, 2.05) is 18.7 Å². The van der Waals surface area contributed by atoms with Crippen molar-refractivity contribution in [2.75, 3.05) is 18.1 Å². The SMILES string of the molecule is CC(CN)C1(F)CCSCC1. The highest BCUT2D eigenvalue weighted by molar-refractivity contribution is 7.99. The summed E-state index contributed by atoms with van der Waals surface area (Å²) in [6.07, 6.45) is 1.38. The Labute approximate surface area is 71.9 Å². The predicted molar refractivity (Wildman–Crippen MR) is 48.6 cm³/mol. The Kier molecular flexibility index (Phi) is 3.19. The molecule has 66 valence electrons. The van der Waals surface area contributed by atoms with E-state index < -0.39 is 5.67 Å². The molecule has 0 amide bonds. The molecule has 1 aliphatic heterocycles. The topological polar surface area (TPSA) is 26.0 Å². The molecule has 0 aromatic rings. The van der Waals surface area contributed by atoms with Crippen LogP contribution in [-0.4, -0.2) is 23.7 Å². The van der Waals surface area contributed by atoms with Gasteiger partial charge in [0.2, 0.25) is 0 Å². The van der Waals surface area contributed by atoms with E-state index in [0.717, 1.165) is 11.5 Å². The van der Waals surface area contributed by atoms with Crippen molar-refractivity contribution in [1.29, 1.82) is 0 Å². The van der Waals surface area contributed by atoms with Gasteiger partial charge in [0.15, 0.2) is 0 Å². The molecule has 1 heterocycles. The van der Waals surface area contributed by atoms with Gasteiger partial charge in [-0.15, -0.1) is 0 Å². The summed E-state index contributed by atoms with van der Waals surface area (Å²) in [6, 6.07) is 0. The van der Waals surface area contributed by atoms with E-state index in [-0.39, 0.29) is 5.92 Å². The third-order valence-electron chi connectivity index (χ3n) is 2.56. The van der Waals surface area contributed by atoms with Gasteiger partial charge in [0, 0.05) is 5.92 Å². The van der Waals surface area contributed by atoms with E-state index in [1.54, 1.807) is 0 Å². The molecular formula is C8H16FNS. The number of thioether (sulfide) groups is 1. The predicted octanol–water partition coefficient (Wildman–Crippen LogP) is 1.82. The van der Waals surface area contributed by atoms with Crippen LogP contribution in [0.1, 0.15) is 19.8 Å². The van der Waals surface area contributed by atoms with Gasteiger partial charge in [-0.1, -0.05) is 6.92 Å². The van der Waals surface area contributed by atoms with Crippen molar-refractivity contribution in [3.05, 3.63) is 0 Å². The van der Waals surface area contributed by atoms with Crippen LogP contribution in [-0.2, 0) is 0 Å². The molecule has 1 aliphatic rings. The lowest BCUT2D eigenvalue weighted by Gasteiger charge is -2.33. The maximum absolute atomic E-state index is 13.9. The van der Waals surface area contributed by atoms with Crippen LogP contribution in [0.5, 0.6) is 0 Å². The Balaban J connectivity index is 2.49. The van der Waals surface area contributed by atoms with Gasteiger partial charge >= 0.3 is 0 Å². The lowest BCUT2D eigenvalue weighted by molar-refractivity contribution is 0.0845. The first kappa shape index (κ1) is 9.33. The zero-order valence-corrected chi connectivity index (χ0v) is 7.79. The van der Waals surface area contributed by atoms with E-state index in [1.165, 1.54) is 0 Å². The molecule has 1 nitrogen and oxygen atoms in total. The van der Waals surface area contributed by atoms with E-state index in [9.17, 15) is 4.39 Å². The first-order valence-corrected chi connectivity index (χ1v) is 5.31. The Bertz CT molecular complexity index is 123. The van der Waals surface area contributed by atoms with Gasteiger partial charge < -0.3 is 5.73 Å². The summed E-state index contributed by atoms with van der Waals surface area (Å²) in [5.41, 5.74) is 4.48. The van der Waals surface area contributed by atoms with E-state index in [0.29, 0.717) is 19.4 Å². The van der Waals surface area contributed by atoms with E-state index in [2.05, 4.69) is 0 Å². The summed E-state index contributed by atoms with van der Waals surface area (Å²) in [6.45, 7) is 2.39. The number of halogens is 1. The largest absolute Gasteiger partial charge is 0.330 e. The summed E-state index contributed by atoms with van der Waals surface area (Å²) in [4.78, 5) is 0. The van der Waals surface area contributed by atoms with E-state index in [4.69, 9.17) is 5.73 Å². The fourth-order valence-electron chi connectivity index (χ4n) is 1.41. The van der Waals surface area contributed by atoms with Gasteiger partial charge in [0.05, 0.1) is 0 Å². The van der Waals surface area contributed by atoms with Crippen molar-refractivity contribution in [3.63, 3.8) is 0 Å². The lowest BCUT2D eigenvalue weighted by atomic mass is 9.85. The zero-order valence-electron chi connectivity index (χ0n) is 6.98. The molecular weight excluding hydrogens is 161 g/mol. The molecule has 1 saturated heterocycles. The highest BCUT2D eigenvalue weighted by Crippen LogP contribution is 2.36. The average Bonchev–Trinajstić information content (AvgIpc) is 2.04. The number of hydrogen-bond donors (Lipinski definition) is 1. The van der Waals surface area contributed by atoms with Crippen molar-refractivity contribution in [3.8, 4) is 0 Å². The maximum atomic E-state index is 13.9. The third-order valence-corrected chi connectivity index (χ3v) is 3.55. The van der Waals surface area contributed by atoms with Crippen LogP contribution < -0.4 is 5.73 Å². The van der Waals surface area contributed by atoms with Crippen LogP contribution in [0, 0.1) is 5.92 Å². The minimum absolute atomic E-state index is 0.0309. The van der Waals surface area contributed by atoms with Crippen molar-refractivity contribution >= 4 is 11.8 Å². The van der Waals surface area contributed by atoms with Gasteiger partial charge in [0.25, 0.3) is 0 Å². The second-order valence-corrected chi connectivity index (χ2v) is 4.51. The standard InChI is InChI=1S/C8H16FNS/c1-7(6-10)8(9)2-4-11-5-3-8/h7H,2-6,10H2,1H3. The Morgan fingerprint density at radius 2 is 2.09 bits per heavy atom. The normalized spacial score (nSPS) is 26.5. The minimum atomic E-state index is -0.958. The maximum Gasteiger partial charge on any atom is 0.116 e. The number of nitrogens with two attached hydrogens (primary N) is 1. The summed E-state index contributed by atoms with van der Waals surface area (Å²) in [5, 5.41) is 0. The van der Waals surface area contributed by atoms with Gasteiger partial charge in [0.1, 0.15) is 5.67 Å². The smallest absolute Gasteiger partial charge is 0.116 e. The molecule has 1 rings (SSSR count). The fraction of sp³-hybridized carbons (Fsp3) is 1.00. The van der Waals surface area contributed by atoms with Crippen molar-refractivity contribution in [2.24, 2.45) is 11.7 Å². The first-order chi connectivity index (χ1) is 5.19. The monoisotopic (exact) mass is 177 g/mol. The highest BCUT2D eigenvalue weighted by Gasteiger charge is 2.36. The molecule has 0 aromatic carbocycles. The quantitative estimate of drug-likeness (QED) is 0.696. The molecule has 0 bridgehead atoms. The van der Waals surface area contributed by atoms with Crippen LogP contribution in [0.15, 0.2) is 0 Å². The van der Waals surface area contributed by atoms with Crippen LogP contribution in [0.2, 0.25) is 0 Å². The van der Waals surface area contributed by atoms with Crippen molar-refractivity contribution in [1.82, 2.24) is 0 Å². The molecule has 0 spiro atoms. The van der Waals surface area contributed by atoms with Crippen molar-refractivity contribution in [2.45, 2.75) is 25.4 Å². The van der Waals surface area contributed by atoms with Crippen LogP contribution in [0.3, 0.4) is 0 Å². The molecule has 1 atom stereocenters. The molecule has 3 heteroatoms. The first-order valence-electron chi connectivity index (χ1n) is 4.16. The van der Waals surface area contributed by atoms with Crippen LogP contribution in [0.25, 0.3) is 0 Å². The highest BCUT2D eigenvalue weighted by atomic mass is 32.2. The lowest BCUT2D eigenvalue weighted by Crippen LogP contribution is -2.39. The van der Waals surface area contributed by atoms with E-state index >= 15 is 0 Å². The summed E-state index contributed by atoms with van der Waals surface area (Å²) in [7, 11) is 0. The third kappa shape index (κ3) is 2.09. The molecule has 1 fully saturated rings.